The molecule has 1 nitrogen and oxygen atoms in total. The van der Waals surface area contributed by atoms with Crippen LogP contribution in [0.3, 0.4) is 0 Å². The van der Waals surface area contributed by atoms with E-state index in [9.17, 15) is 8.78 Å². The third-order valence-electron chi connectivity index (χ3n) is 3.78. The zero-order valence-corrected chi connectivity index (χ0v) is 14.6. The van der Waals surface area contributed by atoms with Crippen molar-refractivity contribution in [2.24, 2.45) is 0 Å². The number of nitrogens with one attached hydrogen (secondary N) is 1. The van der Waals surface area contributed by atoms with Gasteiger partial charge in [0.25, 0.3) is 0 Å². The normalized spacial score (nSPS) is 10.9. The van der Waals surface area contributed by atoms with Crippen LogP contribution in [0, 0.1) is 17.6 Å². The van der Waals surface area contributed by atoms with Crippen LogP contribution >= 0.6 is 23.2 Å². The summed E-state index contributed by atoms with van der Waals surface area (Å²) in [4.78, 5) is 0. The van der Waals surface area contributed by atoms with E-state index >= 15 is 0 Å². The first-order valence-corrected chi connectivity index (χ1v) is 8.36. The highest BCUT2D eigenvalue weighted by atomic mass is 35.5. The summed E-state index contributed by atoms with van der Waals surface area (Å²) in [7, 11) is 0. The molecule has 0 heterocycles. The molecule has 0 amide bonds. The largest absolute Gasteiger partial charge is 0.384 e. The molecule has 0 spiro atoms. The molecule has 0 aliphatic rings. The Kier molecular flexibility index (Phi) is 5.57. The first-order chi connectivity index (χ1) is 12.0. The van der Waals surface area contributed by atoms with Crippen molar-refractivity contribution in [3.8, 4) is 0 Å². The zero-order chi connectivity index (χ0) is 17.8. The summed E-state index contributed by atoms with van der Waals surface area (Å²) in [5.74, 6) is -0.313. The van der Waals surface area contributed by atoms with E-state index in [-0.39, 0.29) is 10.0 Å². The first kappa shape index (κ1) is 17.7. The van der Waals surface area contributed by atoms with Gasteiger partial charge >= 0.3 is 0 Å². The standard InChI is InChI=1S/C20H14Cl2F2N/c21-17-8-6-13(10-19(17)23)16(12-25-15-4-2-1-3-5-15)14-7-9-18(22)20(24)11-14/h1-11,25H,12H2. The third-order valence-corrected chi connectivity index (χ3v) is 4.39. The Hall–Kier alpha value is -2.10. The van der Waals surface area contributed by atoms with Crippen molar-refractivity contribution < 1.29 is 8.78 Å². The molecular weight excluding hydrogens is 363 g/mol. The summed E-state index contributed by atoms with van der Waals surface area (Å²) >= 11 is 11.5. The minimum Gasteiger partial charge on any atom is -0.384 e. The van der Waals surface area contributed by atoms with Gasteiger partial charge in [-0.25, -0.2) is 8.78 Å². The van der Waals surface area contributed by atoms with Crippen LogP contribution in [0.4, 0.5) is 14.5 Å². The van der Waals surface area contributed by atoms with Crippen molar-refractivity contribution in [2.75, 3.05) is 11.9 Å². The summed E-state index contributed by atoms with van der Waals surface area (Å²) in [6.45, 7) is 0.381. The Morgan fingerprint density at radius 2 is 1.28 bits per heavy atom. The van der Waals surface area contributed by atoms with Gasteiger partial charge in [0.1, 0.15) is 11.6 Å². The molecule has 25 heavy (non-hydrogen) atoms. The van der Waals surface area contributed by atoms with Crippen molar-refractivity contribution in [1.82, 2.24) is 0 Å². The van der Waals surface area contributed by atoms with Crippen LogP contribution in [0.25, 0.3) is 0 Å². The number of para-hydroxylation sites is 1. The maximum Gasteiger partial charge on any atom is 0.142 e. The third kappa shape index (κ3) is 4.30. The molecule has 3 rings (SSSR count). The molecule has 127 valence electrons. The van der Waals surface area contributed by atoms with E-state index in [1.807, 2.05) is 30.3 Å². The fourth-order valence-electron chi connectivity index (χ4n) is 2.48. The highest BCUT2D eigenvalue weighted by molar-refractivity contribution is 6.31. The minimum absolute atomic E-state index is 0.0430. The maximum absolute atomic E-state index is 13.9. The number of benzene rings is 3. The molecule has 3 aromatic carbocycles. The van der Waals surface area contributed by atoms with E-state index in [0.29, 0.717) is 17.7 Å². The number of hydrogen-bond donors (Lipinski definition) is 1. The fraction of sp³-hybridized carbons (Fsp3) is 0.0500. The monoisotopic (exact) mass is 376 g/mol. The average Bonchev–Trinajstić information content (AvgIpc) is 2.62. The van der Waals surface area contributed by atoms with E-state index in [1.165, 1.54) is 24.3 Å². The molecule has 0 saturated heterocycles. The van der Waals surface area contributed by atoms with Crippen LogP contribution in [0.5, 0.6) is 0 Å². The van der Waals surface area contributed by atoms with Crippen LogP contribution in [-0.4, -0.2) is 6.54 Å². The summed E-state index contributed by atoms with van der Waals surface area (Å²) in [6, 6.07) is 18.7. The predicted molar refractivity (Wildman–Crippen MR) is 99.2 cm³/mol. The van der Waals surface area contributed by atoms with Crippen molar-refractivity contribution in [1.29, 1.82) is 0 Å². The van der Waals surface area contributed by atoms with Gasteiger partial charge in [0.2, 0.25) is 0 Å². The Labute approximate surface area is 155 Å². The molecule has 0 aromatic heterocycles. The van der Waals surface area contributed by atoms with E-state index in [2.05, 4.69) is 5.32 Å². The zero-order valence-electron chi connectivity index (χ0n) is 13.1. The smallest absolute Gasteiger partial charge is 0.142 e. The van der Waals surface area contributed by atoms with Crippen LogP contribution in [-0.2, 0) is 0 Å². The second-order valence-electron chi connectivity index (χ2n) is 5.46. The topological polar surface area (TPSA) is 12.0 Å². The number of halogens is 4. The van der Waals surface area contributed by atoms with Gasteiger partial charge in [-0.3, -0.25) is 0 Å². The first-order valence-electron chi connectivity index (χ1n) is 7.60. The molecule has 0 atom stereocenters. The lowest BCUT2D eigenvalue weighted by atomic mass is 9.91. The lowest BCUT2D eigenvalue weighted by Crippen LogP contribution is -2.15. The van der Waals surface area contributed by atoms with Crippen molar-refractivity contribution in [3.63, 3.8) is 0 Å². The van der Waals surface area contributed by atoms with Crippen LogP contribution in [0.15, 0.2) is 66.7 Å². The highest BCUT2D eigenvalue weighted by Crippen LogP contribution is 2.29. The summed E-state index contributed by atoms with van der Waals surface area (Å²) in [5.41, 5.74) is 2.14. The lowest BCUT2D eigenvalue weighted by Gasteiger charge is -2.19. The van der Waals surface area contributed by atoms with E-state index in [1.54, 1.807) is 12.1 Å². The van der Waals surface area contributed by atoms with Crippen LogP contribution in [0.1, 0.15) is 11.1 Å². The van der Waals surface area contributed by atoms with Gasteiger partial charge in [0.05, 0.1) is 16.0 Å². The predicted octanol–water partition coefficient (Wildman–Crippen LogP) is 6.35. The van der Waals surface area contributed by atoms with Gasteiger partial charge in [-0.1, -0.05) is 53.5 Å². The molecule has 0 aliphatic heterocycles. The molecule has 0 fully saturated rings. The summed E-state index contributed by atoms with van der Waals surface area (Å²) < 4.78 is 27.8. The lowest BCUT2D eigenvalue weighted by molar-refractivity contribution is 0.625. The molecular formula is C20H14Cl2F2N. The molecule has 0 bridgehead atoms. The number of hydrogen-bond acceptors (Lipinski definition) is 1. The van der Waals surface area contributed by atoms with E-state index < -0.39 is 11.6 Å². The Bertz CT molecular complexity index is 817. The van der Waals surface area contributed by atoms with Crippen molar-refractivity contribution in [3.05, 3.63) is 105 Å². The number of rotatable bonds is 5. The Morgan fingerprint density at radius 3 is 1.76 bits per heavy atom. The van der Waals surface area contributed by atoms with Gasteiger partial charge in [0.15, 0.2) is 0 Å². The summed E-state index contributed by atoms with van der Waals surface area (Å²) in [5, 5.41) is 3.35. The molecule has 0 aliphatic carbocycles. The fourth-order valence-corrected chi connectivity index (χ4v) is 2.72. The average molecular weight is 377 g/mol. The number of anilines is 1. The van der Waals surface area contributed by atoms with Crippen LogP contribution in [0.2, 0.25) is 10.0 Å². The molecule has 3 aromatic rings. The second-order valence-corrected chi connectivity index (χ2v) is 6.27. The van der Waals surface area contributed by atoms with Gasteiger partial charge in [-0.2, -0.15) is 0 Å². The van der Waals surface area contributed by atoms with Crippen molar-refractivity contribution >= 4 is 28.9 Å². The van der Waals surface area contributed by atoms with Gasteiger partial charge in [-0.15, -0.1) is 0 Å². The maximum atomic E-state index is 13.9. The minimum atomic E-state index is -0.522. The SMILES string of the molecule is Fc1cc([C](CNc2ccccc2)c2ccc(Cl)c(F)c2)ccc1Cl. The highest BCUT2D eigenvalue weighted by Gasteiger charge is 2.18. The molecule has 0 saturated carbocycles. The summed E-state index contributed by atoms with van der Waals surface area (Å²) in [6.07, 6.45) is 0. The molecule has 1 radical (unpaired) electrons. The van der Waals surface area contributed by atoms with Gasteiger partial charge in [-0.05, 0) is 47.5 Å². The van der Waals surface area contributed by atoms with Gasteiger partial charge in [0, 0.05) is 12.2 Å². The van der Waals surface area contributed by atoms with Gasteiger partial charge < -0.3 is 5.32 Å². The molecule has 0 unspecified atom stereocenters. The molecule has 1 N–H and O–H groups in total. The van der Waals surface area contributed by atoms with E-state index in [4.69, 9.17) is 23.2 Å². The van der Waals surface area contributed by atoms with E-state index in [0.717, 1.165) is 11.6 Å². The molecule has 5 heteroatoms. The van der Waals surface area contributed by atoms with Crippen molar-refractivity contribution in [2.45, 2.75) is 0 Å². The van der Waals surface area contributed by atoms with Crippen LogP contribution < -0.4 is 5.32 Å². The Balaban J connectivity index is 1.94. The quantitative estimate of drug-likeness (QED) is 0.546. The Morgan fingerprint density at radius 1 is 0.760 bits per heavy atom. The second kappa shape index (κ2) is 7.85.